The Hall–Kier alpha value is -0.940. The van der Waals surface area contributed by atoms with E-state index in [2.05, 4.69) is 25.8 Å². The third kappa shape index (κ3) is 3.02. The van der Waals surface area contributed by atoms with Crippen LogP contribution in [0.5, 0.6) is 0 Å². The number of thiazole rings is 1. The number of hydrogen-bond donors (Lipinski definition) is 1. The van der Waals surface area contributed by atoms with Crippen molar-refractivity contribution in [3.8, 4) is 0 Å². The lowest BCUT2D eigenvalue weighted by Gasteiger charge is -2.28. The van der Waals surface area contributed by atoms with E-state index in [-0.39, 0.29) is 16.4 Å². The molecular weight excluding hydrogens is 226 g/mol. The summed E-state index contributed by atoms with van der Waals surface area (Å²) in [6, 6.07) is 0. The van der Waals surface area contributed by atoms with Crippen molar-refractivity contribution in [1.29, 1.82) is 0 Å². The molecule has 1 heterocycles. The Morgan fingerprint density at radius 3 is 2.62 bits per heavy atom. The van der Waals surface area contributed by atoms with Gasteiger partial charge in [0.2, 0.25) is 0 Å². The van der Waals surface area contributed by atoms with Crippen molar-refractivity contribution < 1.29 is 14.6 Å². The zero-order valence-corrected chi connectivity index (χ0v) is 10.8. The van der Waals surface area contributed by atoms with Crippen LogP contribution in [0.25, 0.3) is 0 Å². The first-order valence-corrected chi connectivity index (χ1v) is 5.98. The summed E-state index contributed by atoms with van der Waals surface area (Å²) >= 11 is 1.18. The van der Waals surface area contributed by atoms with Crippen molar-refractivity contribution in [3.63, 3.8) is 0 Å². The molecule has 1 N–H and O–H groups in total. The molecule has 90 valence electrons. The molecule has 0 saturated heterocycles. The molecule has 5 heteroatoms. The topological polar surface area (TPSA) is 59.4 Å². The van der Waals surface area contributed by atoms with E-state index in [1.165, 1.54) is 17.5 Å². The van der Waals surface area contributed by atoms with Gasteiger partial charge in [0.05, 0.1) is 6.20 Å². The Balaban J connectivity index is 2.97. The van der Waals surface area contributed by atoms with Crippen molar-refractivity contribution in [3.05, 3.63) is 16.1 Å². The predicted octanol–water partition coefficient (Wildman–Crippen LogP) is 2.97. The first-order valence-electron chi connectivity index (χ1n) is 5.17. The summed E-state index contributed by atoms with van der Waals surface area (Å²) in [7, 11) is 0. The quantitative estimate of drug-likeness (QED) is 0.883. The summed E-state index contributed by atoms with van der Waals surface area (Å²) in [6.45, 7) is 8.66. The van der Waals surface area contributed by atoms with Gasteiger partial charge in [-0.25, -0.2) is 9.78 Å². The highest BCUT2D eigenvalue weighted by Gasteiger charge is 2.30. The second-order valence-electron chi connectivity index (χ2n) is 4.57. The minimum Gasteiger partial charge on any atom is -0.477 e. The lowest BCUT2D eigenvalue weighted by molar-refractivity contribution is -0.0133. The molecule has 0 radical (unpaired) electrons. The van der Waals surface area contributed by atoms with Crippen LogP contribution in [0.15, 0.2) is 6.20 Å². The number of carboxylic acids is 1. The summed E-state index contributed by atoms with van der Waals surface area (Å²) in [5, 5.41) is 9.57. The van der Waals surface area contributed by atoms with Gasteiger partial charge in [0, 0.05) is 6.61 Å². The number of ether oxygens (including phenoxy) is 1. The van der Waals surface area contributed by atoms with Crippen LogP contribution in [0.3, 0.4) is 0 Å². The number of carboxylic acid groups (broad SMARTS) is 1. The van der Waals surface area contributed by atoms with E-state index in [9.17, 15) is 4.79 Å². The Morgan fingerprint density at radius 2 is 2.25 bits per heavy atom. The zero-order valence-electron chi connectivity index (χ0n) is 9.98. The van der Waals surface area contributed by atoms with Gasteiger partial charge in [-0.1, -0.05) is 20.8 Å². The van der Waals surface area contributed by atoms with E-state index in [0.29, 0.717) is 6.61 Å². The monoisotopic (exact) mass is 243 g/mol. The Kier molecular flexibility index (Phi) is 4.04. The molecule has 0 spiro atoms. The fraction of sp³-hybridized carbons (Fsp3) is 0.636. The zero-order chi connectivity index (χ0) is 12.3. The Bertz CT molecular complexity index is 368. The molecule has 0 bridgehead atoms. The largest absolute Gasteiger partial charge is 0.477 e. The SMILES string of the molecule is CCOC(c1ncc(C(=O)O)s1)C(C)(C)C. The van der Waals surface area contributed by atoms with Crippen LogP contribution in [0.4, 0.5) is 0 Å². The second-order valence-corrected chi connectivity index (χ2v) is 5.63. The molecule has 1 atom stereocenters. The van der Waals surface area contributed by atoms with Gasteiger partial charge in [-0.3, -0.25) is 0 Å². The molecule has 0 saturated carbocycles. The number of aromatic nitrogens is 1. The molecule has 1 rings (SSSR count). The van der Waals surface area contributed by atoms with Crippen molar-refractivity contribution in [2.45, 2.75) is 33.8 Å². The van der Waals surface area contributed by atoms with Crippen molar-refractivity contribution >= 4 is 17.3 Å². The molecule has 1 unspecified atom stereocenters. The first kappa shape index (κ1) is 13.1. The highest BCUT2D eigenvalue weighted by molar-refractivity contribution is 7.13. The Labute approximate surface area is 99.3 Å². The van der Waals surface area contributed by atoms with Crippen molar-refractivity contribution in [2.24, 2.45) is 5.41 Å². The maximum Gasteiger partial charge on any atom is 0.347 e. The molecular formula is C11H17NO3S. The fourth-order valence-corrected chi connectivity index (χ4v) is 2.42. The molecule has 0 aromatic carbocycles. The van der Waals surface area contributed by atoms with E-state index in [1.807, 2.05) is 6.92 Å². The summed E-state index contributed by atoms with van der Waals surface area (Å²) in [4.78, 5) is 15.2. The summed E-state index contributed by atoms with van der Waals surface area (Å²) < 4.78 is 5.64. The van der Waals surface area contributed by atoms with Gasteiger partial charge in [0.1, 0.15) is 16.0 Å². The molecule has 0 fully saturated rings. The molecule has 4 nitrogen and oxygen atoms in total. The summed E-state index contributed by atoms with van der Waals surface area (Å²) in [6.07, 6.45) is 1.23. The van der Waals surface area contributed by atoms with E-state index >= 15 is 0 Å². The maximum absolute atomic E-state index is 10.8. The molecule has 0 aliphatic heterocycles. The minimum absolute atomic E-state index is 0.0936. The molecule has 0 aliphatic carbocycles. The maximum atomic E-state index is 10.8. The van der Waals surface area contributed by atoms with Gasteiger partial charge in [-0.2, -0.15) is 0 Å². The van der Waals surface area contributed by atoms with Crippen LogP contribution in [0, 0.1) is 5.41 Å². The van der Waals surface area contributed by atoms with Crippen LogP contribution < -0.4 is 0 Å². The highest BCUT2D eigenvalue weighted by atomic mass is 32.1. The van der Waals surface area contributed by atoms with Gasteiger partial charge in [-0.15, -0.1) is 11.3 Å². The molecule has 1 aromatic heterocycles. The predicted molar refractivity (Wildman–Crippen MR) is 62.9 cm³/mol. The van der Waals surface area contributed by atoms with E-state index < -0.39 is 5.97 Å². The summed E-state index contributed by atoms with van der Waals surface area (Å²) in [5.74, 6) is -0.937. The third-order valence-electron chi connectivity index (χ3n) is 2.08. The lowest BCUT2D eigenvalue weighted by Crippen LogP contribution is -2.21. The van der Waals surface area contributed by atoms with Gasteiger partial charge in [0.25, 0.3) is 0 Å². The third-order valence-corrected chi connectivity index (χ3v) is 3.11. The first-order chi connectivity index (χ1) is 7.36. The van der Waals surface area contributed by atoms with Gasteiger partial charge in [-0.05, 0) is 12.3 Å². The molecule has 0 aliphatic rings. The number of aromatic carboxylic acids is 1. The van der Waals surface area contributed by atoms with Crippen LogP contribution >= 0.6 is 11.3 Å². The average Bonchev–Trinajstić information content (AvgIpc) is 2.60. The number of nitrogens with zero attached hydrogens (tertiary/aromatic N) is 1. The summed E-state index contributed by atoms with van der Waals surface area (Å²) in [5.41, 5.74) is -0.0936. The van der Waals surface area contributed by atoms with Gasteiger partial charge < -0.3 is 9.84 Å². The van der Waals surface area contributed by atoms with Crippen LogP contribution in [0.2, 0.25) is 0 Å². The minimum atomic E-state index is -0.937. The number of carbonyl (C=O) groups is 1. The average molecular weight is 243 g/mol. The molecule has 1 aromatic rings. The van der Waals surface area contributed by atoms with E-state index in [4.69, 9.17) is 9.84 Å². The van der Waals surface area contributed by atoms with Crippen LogP contribution in [-0.4, -0.2) is 22.7 Å². The Morgan fingerprint density at radius 1 is 1.62 bits per heavy atom. The van der Waals surface area contributed by atoms with Crippen molar-refractivity contribution in [1.82, 2.24) is 4.98 Å². The van der Waals surface area contributed by atoms with Gasteiger partial charge >= 0.3 is 5.97 Å². The van der Waals surface area contributed by atoms with E-state index in [0.717, 1.165) is 5.01 Å². The second kappa shape index (κ2) is 4.93. The van der Waals surface area contributed by atoms with Crippen molar-refractivity contribution in [2.75, 3.05) is 6.61 Å². The normalized spacial score (nSPS) is 13.8. The number of rotatable bonds is 4. The molecule has 16 heavy (non-hydrogen) atoms. The lowest BCUT2D eigenvalue weighted by atomic mass is 9.89. The van der Waals surface area contributed by atoms with Gasteiger partial charge in [0.15, 0.2) is 0 Å². The standard InChI is InChI=1S/C11H17NO3S/c1-5-15-8(11(2,3)4)9-12-6-7(16-9)10(13)14/h6,8H,5H2,1-4H3,(H,13,14). The number of hydrogen-bond acceptors (Lipinski definition) is 4. The van der Waals surface area contributed by atoms with E-state index in [1.54, 1.807) is 0 Å². The van der Waals surface area contributed by atoms with Crippen LogP contribution in [-0.2, 0) is 4.74 Å². The smallest absolute Gasteiger partial charge is 0.347 e. The molecule has 0 amide bonds. The fourth-order valence-electron chi connectivity index (χ4n) is 1.37. The van der Waals surface area contributed by atoms with Crippen LogP contribution in [0.1, 0.15) is 48.5 Å². The highest BCUT2D eigenvalue weighted by Crippen LogP contribution is 2.37.